The van der Waals surface area contributed by atoms with Gasteiger partial charge in [-0.15, -0.1) is 0 Å². The Morgan fingerprint density at radius 3 is 2.90 bits per heavy atom. The minimum Gasteiger partial charge on any atom is -0.398 e. The van der Waals surface area contributed by atoms with Crippen LogP contribution < -0.4 is 16.4 Å². The van der Waals surface area contributed by atoms with Crippen molar-refractivity contribution in [1.82, 2.24) is 4.98 Å². The summed E-state index contributed by atoms with van der Waals surface area (Å²) in [6.07, 6.45) is 3.33. The number of unbranched alkanes of at least 4 members (excludes halogenated alkanes) is 1. The predicted octanol–water partition coefficient (Wildman–Crippen LogP) is 2.05. The lowest BCUT2D eigenvalue weighted by Crippen LogP contribution is -2.35. The maximum Gasteiger partial charge on any atom is 0.236 e. The van der Waals surface area contributed by atoms with E-state index in [1.807, 2.05) is 6.92 Å². The smallest absolute Gasteiger partial charge is 0.236 e. The predicted molar refractivity (Wildman–Crippen MR) is 82.4 cm³/mol. The molecule has 4 N–H and O–H groups in total. The number of nitrogens with zero attached hydrogens (tertiary/aromatic N) is 2. The average Bonchev–Trinajstić information content (AvgIpc) is 2.44. The number of anilines is 2. The Morgan fingerprint density at radius 1 is 1.48 bits per heavy atom. The molecule has 21 heavy (non-hydrogen) atoms. The fourth-order valence-electron chi connectivity index (χ4n) is 2.33. The second-order valence-electron chi connectivity index (χ2n) is 4.94. The van der Waals surface area contributed by atoms with Crippen molar-refractivity contribution in [3.63, 3.8) is 0 Å². The van der Waals surface area contributed by atoms with E-state index in [9.17, 15) is 9.18 Å². The summed E-state index contributed by atoms with van der Waals surface area (Å²) in [6, 6.07) is 4.78. The van der Waals surface area contributed by atoms with E-state index < -0.39 is 11.7 Å². The monoisotopic (exact) mass is 290 g/mol. The molecule has 0 aliphatic rings. The van der Waals surface area contributed by atoms with Gasteiger partial charge in [0.15, 0.2) is 5.82 Å². The molecular formula is C15H19FN4O. The van der Waals surface area contributed by atoms with E-state index in [1.54, 1.807) is 23.2 Å². The number of aromatic nitrogens is 1. The zero-order valence-electron chi connectivity index (χ0n) is 12.0. The van der Waals surface area contributed by atoms with Crippen molar-refractivity contribution >= 4 is 28.2 Å². The second kappa shape index (κ2) is 6.39. The van der Waals surface area contributed by atoms with Gasteiger partial charge in [0.1, 0.15) is 5.69 Å². The van der Waals surface area contributed by atoms with E-state index in [4.69, 9.17) is 11.5 Å². The molecule has 1 aromatic carbocycles. The molecule has 2 aromatic rings. The maximum atomic E-state index is 14.4. The molecule has 1 amide bonds. The van der Waals surface area contributed by atoms with Crippen LogP contribution in [-0.4, -0.2) is 24.0 Å². The number of carbonyl (C=O) groups is 1. The molecule has 0 saturated heterocycles. The highest BCUT2D eigenvalue weighted by molar-refractivity contribution is 5.99. The second-order valence-corrected chi connectivity index (χ2v) is 4.94. The van der Waals surface area contributed by atoms with Gasteiger partial charge in [0, 0.05) is 23.8 Å². The van der Waals surface area contributed by atoms with Crippen LogP contribution >= 0.6 is 0 Å². The van der Waals surface area contributed by atoms with E-state index in [2.05, 4.69) is 4.98 Å². The third-order valence-corrected chi connectivity index (χ3v) is 3.30. The molecule has 0 atom stereocenters. The Morgan fingerprint density at radius 2 is 2.24 bits per heavy atom. The van der Waals surface area contributed by atoms with E-state index in [1.165, 1.54) is 6.07 Å². The van der Waals surface area contributed by atoms with E-state index in [0.29, 0.717) is 23.1 Å². The van der Waals surface area contributed by atoms with E-state index >= 15 is 0 Å². The van der Waals surface area contributed by atoms with Gasteiger partial charge < -0.3 is 16.4 Å². The molecule has 0 aliphatic heterocycles. The van der Waals surface area contributed by atoms with Crippen molar-refractivity contribution in [2.75, 3.05) is 23.7 Å². The Bertz CT molecular complexity index is 659. The molecule has 0 saturated carbocycles. The first kappa shape index (κ1) is 15.0. The van der Waals surface area contributed by atoms with Crippen LogP contribution in [0.3, 0.4) is 0 Å². The number of amides is 1. The highest BCUT2D eigenvalue weighted by Crippen LogP contribution is 2.32. The number of hydrogen-bond donors (Lipinski definition) is 2. The zero-order chi connectivity index (χ0) is 15.4. The van der Waals surface area contributed by atoms with Gasteiger partial charge in [0.25, 0.3) is 0 Å². The fourth-order valence-corrected chi connectivity index (χ4v) is 2.33. The van der Waals surface area contributed by atoms with Gasteiger partial charge in [-0.1, -0.05) is 13.3 Å². The lowest BCUT2D eigenvalue weighted by Gasteiger charge is -2.25. The van der Waals surface area contributed by atoms with Gasteiger partial charge in [-0.3, -0.25) is 9.78 Å². The summed E-state index contributed by atoms with van der Waals surface area (Å²) in [7, 11) is 0. The van der Waals surface area contributed by atoms with Gasteiger partial charge in [-0.05, 0) is 24.6 Å². The number of carbonyl (C=O) groups excluding carboxylic acids is 1. The van der Waals surface area contributed by atoms with Gasteiger partial charge in [-0.2, -0.15) is 0 Å². The van der Waals surface area contributed by atoms with Crippen molar-refractivity contribution < 1.29 is 9.18 Å². The third-order valence-electron chi connectivity index (χ3n) is 3.30. The Kier molecular flexibility index (Phi) is 4.57. The minimum atomic E-state index is -0.508. The molecule has 0 radical (unpaired) electrons. The number of nitrogen functional groups attached to an aromatic ring is 1. The number of rotatable bonds is 6. The third kappa shape index (κ3) is 3.21. The van der Waals surface area contributed by atoms with Crippen LogP contribution in [0.4, 0.5) is 15.8 Å². The average molecular weight is 290 g/mol. The number of hydrogen-bond acceptors (Lipinski definition) is 4. The number of nitrogens with two attached hydrogens (primary N) is 2. The summed E-state index contributed by atoms with van der Waals surface area (Å²) in [5.74, 6) is -0.998. The number of fused-ring (bicyclic) bond motifs is 1. The highest BCUT2D eigenvalue weighted by Gasteiger charge is 2.19. The lowest BCUT2D eigenvalue weighted by molar-refractivity contribution is -0.116. The molecule has 112 valence electrons. The molecule has 0 bridgehead atoms. The summed E-state index contributed by atoms with van der Waals surface area (Å²) in [4.78, 5) is 17.1. The maximum absolute atomic E-state index is 14.4. The molecule has 6 heteroatoms. The lowest BCUT2D eigenvalue weighted by atomic mass is 10.1. The van der Waals surface area contributed by atoms with E-state index in [0.717, 1.165) is 12.8 Å². The fraction of sp³-hybridized carbons (Fsp3) is 0.333. The van der Waals surface area contributed by atoms with Crippen LogP contribution in [-0.2, 0) is 4.79 Å². The molecule has 0 unspecified atom stereocenters. The van der Waals surface area contributed by atoms with Gasteiger partial charge >= 0.3 is 0 Å². The van der Waals surface area contributed by atoms with Gasteiger partial charge in [-0.25, -0.2) is 4.39 Å². The first-order valence-corrected chi connectivity index (χ1v) is 6.90. The summed E-state index contributed by atoms with van der Waals surface area (Å²) in [6.45, 7) is 2.51. The van der Waals surface area contributed by atoms with Crippen molar-refractivity contribution in [2.45, 2.75) is 19.8 Å². The van der Waals surface area contributed by atoms with Crippen LogP contribution in [0, 0.1) is 5.82 Å². The molecule has 5 nitrogen and oxygen atoms in total. The van der Waals surface area contributed by atoms with Gasteiger partial charge in [0.05, 0.1) is 12.1 Å². The Hall–Kier alpha value is -2.37. The summed E-state index contributed by atoms with van der Waals surface area (Å²) in [5, 5.41) is 0.667. The molecule has 0 aliphatic carbocycles. The SMILES string of the molecule is CCCCN(CC(N)=O)c1c(F)cc(N)c2cccnc12. The quantitative estimate of drug-likeness (QED) is 0.797. The number of primary amides is 1. The topological polar surface area (TPSA) is 85.2 Å². The number of benzene rings is 1. The van der Waals surface area contributed by atoms with E-state index in [-0.39, 0.29) is 12.2 Å². The van der Waals surface area contributed by atoms with Crippen molar-refractivity contribution in [1.29, 1.82) is 0 Å². The van der Waals surface area contributed by atoms with Gasteiger partial charge in [0.2, 0.25) is 5.91 Å². The summed E-state index contributed by atoms with van der Waals surface area (Å²) in [5.41, 5.74) is 12.2. The first-order chi connectivity index (χ1) is 10.0. The number of halogens is 1. The first-order valence-electron chi connectivity index (χ1n) is 6.90. The summed E-state index contributed by atoms with van der Waals surface area (Å²) >= 11 is 0. The Labute approximate surface area is 122 Å². The Balaban J connectivity index is 2.57. The van der Waals surface area contributed by atoms with Crippen LogP contribution in [0.1, 0.15) is 19.8 Å². The summed E-state index contributed by atoms with van der Waals surface area (Å²) < 4.78 is 14.4. The minimum absolute atomic E-state index is 0.0491. The molecule has 1 aromatic heterocycles. The molecule has 1 heterocycles. The number of pyridine rings is 1. The van der Waals surface area contributed by atoms with Crippen molar-refractivity contribution in [3.8, 4) is 0 Å². The van der Waals surface area contributed by atoms with Crippen LogP contribution in [0.25, 0.3) is 10.9 Å². The molecule has 0 fully saturated rings. The van der Waals surface area contributed by atoms with Crippen LogP contribution in [0.15, 0.2) is 24.4 Å². The van der Waals surface area contributed by atoms with Crippen molar-refractivity contribution in [3.05, 3.63) is 30.2 Å². The zero-order valence-corrected chi connectivity index (χ0v) is 12.0. The highest BCUT2D eigenvalue weighted by atomic mass is 19.1. The molecule has 0 spiro atoms. The standard InChI is InChI=1S/C15H19FN4O/c1-2-3-7-20(9-13(18)21)15-11(16)8-12(17)10-5-4-6-19-14(10)15/h4-6,8H,2-3,7,9,17H2,1H3,(H2,18,21). The molecular weight excluding hydrogens is 271 g/mol. The van der Waals surface area contributed by atoms with Crippen LogP contribution in [0.2, 0.25) is 0 Å². The van der Waals surface area contributed by atoms with Crippen LogP contribution in [0.5, 0.6) is 0 Å². The largest absolute Gasteiger partial charge is 0.398 e. The van der Waals surface area contributed by atoms with Crippen molar-refractivity contribution in [2.24, 2.45) is 5.73 Å². The normalized spacial score (nSPS) is 10.8. The molecule has 2 rings (SSSR count).